The van der Waals surface area contributed by atoms with Gasteiger partial charge in [-0.25, -0.2) is 9.07 Å². The average molecular weight is 289 g/mol. The van der Waals surface area contributed by atoms with E-state index in [0.29, 0.717) is 10.6 Å². The fraction of sp³-hybridized carbons (Fsp3) is 0. The molecule has 3 aromatic rings. The highest BCUT2D eigenvalue weighted by Crippen LogP contribution is 2.20. The molecule has 0 bridgehead atoms. The highest BCUT2D eigenvalue weighted by atomic mass is 32.1. The van der Waals surface area contributed by atoms with E-state index in [0.717, 1.165) is 0 Å². The molecule has 1 N–H and O–H groups in total. The second-order valence-corrected chi connectivity index (χ2v) is 4.80. The van der Waals surface area contributed by atoms with Crippen LogP contribution in [-0.2, 0) is 0 Å². The molecule has 1 aromatic carbocycles. The minimum Gasteiger partial charge on any atom is -0.319 e. The number of carbonyl (C=O) groups is 1. The summed E-state index contributed by atoms with van der Waals surface area (Å²) in [7, 11) is 0. The van der Waals surface area contributed by atoms with Crippen molar-refractivity contribution in [3.05, 3.63) is 52.7 Å². The lowest BCUT2D eigenvalue weighted by atomic mass is 10.2. The summed E-state index contributed by atoms with van der Waals surface area (Å²) in [6.45, 7) is 0. The fourth-order valence-electron chi connectivity index (χ4n) is 1.62. The number of amides is 1. The quantitative estimate of drug-likeness (QED) is 0.801. The van der Waals surface area contributed by atoms with Crippen LogP contribution in [0.15, 0.2) is 42.0 Å². The molecule has 100 valence electrons. The van der Waals surface area contributed by atoms with Gasteiger partial charge in [-0.2, -0.15) is 0 Å². The predicted octanol–water partition coefficient (Wildman–Crippen LogP) is 2.12. The number of thiophene rings is 1. The molecular formula is C12H8FN5OS. The smallest absolute Gasteiger partial charge is 0.265 e. The van der Waals surface area contributed by atoms with Gasteiger partial charge in [0, 0.05) is 0 Å². The summed E-state index contributed by atoms with van der Waals surface area (Å²) in [6.07, 6.45) is 1.39. The van der Waals surface area contributed by atoms with Gasteiger partial charge in [-0.3, -0.25) is 4.79 Å². The number of nitrogens with one attached hydrogen (secondary N) is 1. The Morgan fingerprint density at radius 1 is 1.35 bits per heavy atom. The van der Waals surface area contributed by atoms with Crippen molar-refractivity contribution in [2.45, 2.75) is 0 Å². The topological polar surface area (TPSA) is 72.7 Å². The van der Waals surface area contributed by atoms with Crippen LogP contribution in [0.5, 0.6) is 0 Å². The number of hydrogen-bond acceptors (Lipinski definition) is 5. The normalized spacial score (nSPS) is 10.4. The number of anilines is 1. The molecule has 0 atom stereocenters. The van der Waals surface area contributed by atoms with Crippen LogP contribution in [0.3, 0.4) is 0 Å². The molecule has 2 heterocycles. The van der Waals surface area contributed by atoms with Crippen molar-refractivity contribution < 1.29 is 9.18 Å². The van der Waals surface area contributed by atoms with E-state index < -0.39 is 5.82 Å². The second-order valence-electron chi connectivity index (χ2n) is 3.85. The maximum atomic E-state index is 13.7. The van der Waals surface area contributed by atoms with E-state index in [1.165, 1.54) is 40.5 Å². The summed E-state index contributed by atoms with van der Waals surface area (Å²) in [5.74, 6) is -0.875. The van der Waals surface area contributed by atoms with E-state index in [1.807, 2.05) is 0 Å². The molecule has 0 spiro atoms. The van der Waals surface area contributed by atoms with Gasteiger partial charge >= 0.3 is 0 Å². The number of hydrogen-bond donors (Lipinski definition) is 1. The molecule has 0 saturated carbocycles. The van der Waals surface area contributed by atoms with Gasteiger partial charge in [0.15, 0.2) is 0 Å². The van der Waals surface area contributed by atoms with Crippen molar-refractivity contribution in [1.82, 2.24) is 20.2 Å². The summed E-state index contributed by atoms with van der Waals surface area (Å²) < 4.78 is 15.1. The lowest BCUT2D eigenvalue weighted by Gasteiger charge is -2.07. The van der Waals surface area contributed by atoms with Crippen molar-refractivity contribution in [1.29, 1.82) is 0 Å². The van der Waals surface area contributed by atoms with Gasteiger partial charge in [0.2, 0.25) is 0 Å². The van der Waals surface area contributed by atoms with Crippen LogP contribution in [0.2, 0.25) is 0 Å². The van der Waals surface area contributed by atoms with Gasteiger partial charge in [0.05, 0.1) is 16.3 Å². The molecule has 0 unspecified atom stereocenters. The maximum Gasteiger partial charge on any atom is 0.265 e. The zero-order valence-corrected chi connectivity index (χ0v) is 10.8. The molecule has 6 nitrogen and oxygen atoms in total. The van der Waals surface area contributed by atoms with Crippen molar-refractivity contribution in [2.75, 3.05) is 5.32 Å². The average Bonchev–Trinajstić information content (AvgIpc) is 3.14. The minimum absolute atomic E-state index is 0.0800. The third kappa shape index (κ3) is 2.41. The standard InChI is InChI=1S/C12H8FN5OS/c13-9-4-3-8(18-7-14-16-17-18)6-10(9)15-12(19)11-2-1-5-20-11/h1-7H,(H,15,19). The van der Waals surface area contributed by atoms with E-state index in [4.69, 9.17) is 0 Å². The minimum atomic E-state index is -0.522. The van der Waals surface area contributed by atoms with Crippen LogP contribution in [0.25, 0.3) is 5.69 Å². The molecule has 0 aliphatic carbocycles. The van der Waals surface area contributed by atoms with Crippen molar-refractivity contribution in [2.24, 2.45) is 0 Å². The lowest BCUT2D eigenvalue weighted by molar-refractivity contribution is 0.103. The molecule has 1 amide bonds. The summed E-state index contributed by atoms with van der Waals surface area (Å²) >= 11 is 1.29. The Kier molecular flexibility index (Phi) is 3.21. The van der Waals surface area contributed by atoms with Crippen molar-refractivity contribution in [3.63, 3.8) is 0 Å². The van der Waals surface area contributed by atoms with Crippen LogP contribution in [0, 0.1) is 5.82 Å². The summed E-state index contributed by atoms with van der Waals surface area (Å²) in [5, 5.41) is 15.0. The third-order valence-corrected chi connectivity index (χ3v) is 3.43. The van der Waals surface area contributed by atoms with Gasteiger partial charge in [-0.1, -0.05) is 6.07 Å². The van der Waals surface area contributed by atoms with Gasteiger partial charge in [0.1, 0.15) is 12.1 Å². The van der Waals surface area contributed by atoms with Gasteiger partial charge < -0.3 is 5.32 Å². The molecular weight excluding hydrogens is 281 g/mol. The Morgan fingerprint density at radius 2 is 2.25 bits per heavy atom. The first-order valence-corrected chi connectivity index (χ1v) is 6.50. The number of nitrogens with zero attached hydrogens (tertiary/aromatic N) is 4. The molecule has 8 heteroatoms. The Morgan fingerprint density at radius 3 is 2.95 bits per heavy atom. The first-order valence-electron chi connectivity index (χ1n) is 5.62. The van der Waals surface area contributed by atoms with E-state index in [9.17, 15) is 9.18 Å². The first-order chi connectivity index (χ1) is 9.74. The van der Waals surface area contributed by atoms with Gasteiger partial charge in [-0.05, 0) is 40.1 Å². The molecule has 2 aromatic heterocycles. The molecule has 20 heavy (non-hydrogen) atoms. The second kappa shape index (κ2) is 5.17. The van der Waals surface area contributed by atoms with Gasteiger partial charge in [0.25, 0.3) is 5.91 Å². The summed E-state index contributed by atoms with van der Waals surface area (Å²) in [6, 6.07) is 7.67. The van der Waals surface area contributed by atoms with E-state index in [1.54, 1.807) is 17.5 Å². The molecule has 0 fully saturated rings. The SMILES string of the molecule is O=C(Nc1cc(-n2cnnn2)ccc1F)c1cccs1. The highest BCUT2D eigenvalue weighted by Gasteiger charge is 2.11. The number of carbonyl (C=O) groups excluding carboxylic acids is 1. The monoisotopic (exact) mass is 289 g/mol. The first kappa shape index (κ1) is 12.4. The third-order valence-electron chi connectivity index (χ3n) is 2.56. The highest BCUT2D eigenvalue weighted by molar-refractivity contribution is 7.12. The van der Waals surface area contributed by atoms with Crippen LogP contribution in [0.4, 0.5) is 10.1 Å². The molecule has 0 aliphatic rings. The Hall–Kier alpha value is -2.61. The van der Waals surface area contributed by atoms with Crippen LogP contribution >= 0.6 is 11.3 Å². The number of halogens is 1. The summed E-state index contributed by atoms with van der Waals surface area (Å²) in [4.78, 5) is 12.4. The van der Waals surface area contributed by atoms with Crippen LogP contribution in [0.1, 0.15) is 9.67 Å². The largest absolute Gasteiger partial charge is 0.319 e. The predicted molar refractivity (Wildman–Crippen MR) is 71.4 cm³/mol. The zero-order valence-electron chi connectivity index (χ0n) is 10.0. The van der Waals surface area contributed by atoms with E-state index in [2.05, 4.69) is 20.8 Å². The van der Waals surface area contributed by atoms with Crippen molar-refractivity contribution in [3.8, 4) is 5.69 Å². The number of tetrazole rings is 1. The Labute approximate surface area is 116 Å². The number of aromatic nitrogens is 4. The molecule has 0 radical (unpaired) electrons. The van der Waals surface area contributed by atoms with E-state index in [-0.39, 0.29) is 11.6 Å². The van der Waals surface area contributed by atoms with Crippen LogP contribution in [-0.4, -0.2) is 26.1 Å². The Bertz CT molecular complexity index is 726. The van der Waals surface area contributed by atoms with E-state index >= 15 is 0 Å². The van der Waals surface area contributed by atoms with Crippen molar-refractivity contribution >= 4 is 22.9 Å². The summed E-state index contributed by atoms with van der Waals surface area (Å²) in [5.41, 5.74) is 0.634. The van der Waals surface area contributed by atoms with Crippen LogP contribution < -0.4 is 5.32 Å². The fourth-order valence-corrected chi connectivity index (χ4v) is 2.24. The molecule has 0 aliphatic heterocycles. The molecule has 0 saturated heterocycles. The molecule has 3 rings (SSSR count). The van der Waals surface area contributed by atoms with Gasteiger partial charge in [-0.15, -0.1) is 16.4 Å². The number of benzene rings is 1. The maximum absolute atomic E-state index is 13.7. The Balaban J connectivity index is 1.89. The zero-order chi connectivity index (χ0) is 13.9. The lowest BCUT2D eigenvalue weighted by Crippen LogP contribution is -2.12. The number of rotatable bonds is 3.